The van der Waals surface area contributed by atoms with E-state index in [0.717, 1.165) is 17.7 Å². The number of hydrogen-bond acceptors (Lipinski definition) is 4. The monoisotopic (exact) mass is 295 g/mol. The molecule has 0 radical (unpaired) electrons. The van der Waals surface area contributed by atoms with E-state index in [1.54, 1.807) is 7.11 Å². The summed E-state index contributed by atoms with van der Waals surface area (Å²) in [6.45, 7) is 7.94. The maximum Gasteiger partial charge on any atom is 0.123 e. The highest BCUT2D eigenvalue weighted by molar-refractivity contribution is 5.32. The lowest BCUT2D eigenvalue weighted by molar-refractivity contribution is -0.00858. The van der Waals surface area contributed by atoms with Crippen LogP contribution in [0.5, 0.6) is 5.75 Å². The van der Waals surface area contributed by atoms with E-state index in [2.05, 4.69) is 26.1 Å². The minimum atomic E-state index is -0.491. The van der Waals surface area contributed by atoms with E-state index in [1.807, 2.05) is 24.3 Å². The summed E-state index contributed by atoms with van der Waals surface area (Å²) < 4.78 is 10.9. The van der Waals surface area contributed by atoms with Gasteiger partial charge in [0, 0.05) is 18.7 Å². The van der Waals surface area contributed by atoms with Crippen LogP contribution in [0.15, 0.2) is 24.3 Å². The molecule has 4 nitrogen and oxygen atoms in total. The number of para-hydroxylation sites is 1. The molecule has 0 saturated carbocycles. The molecule has 1 aromatic rings. The molecular formula is C17H29NO3. The van der Waals surface area contributed by atoms with Gasteiger partial charge in [-0.3, -0.25) is 0 Å². The van der Waals surface area contributed by atoms with Gasteiger partial charge in [0.25, 0.3) is 0 Å². The molecule has 0 heterocycles. The van der Waals surface area contributed by atoms with E-state index in [4.69, 9.17) is 9.47 Å². The third kappa shape index (κ3) is 7.46. The normalized spacial score (nSPS) is 14.2. The molecule has 0 amide bonds. The number of hydrogen-bond donors (Lipinski definition) is 2. The van der Waals surface area contributed by atoms with E-state index in [9.17, 15) is 5.11 Å². The number of aliphatic hydroxyl groups is 1. The van der Waals surface area contributed by atoms with Gasteiger partial charge in [-0.1, -0.05) is 32.0 Å². The molecule has 0 spiro atoms. The first-order valence-electron chi connectivity index (χ1n) is 7.65. The van der Waals surface area contributed by atoms with Gasteiger partial charge in [0.2, 0.25) is 0 Å². The van der Waals surface area contributed by atoms with E-state index >= 15 is 0 Å². The van der Waals surface area contributed by atoms with Crippen molar-refractivity contribution in [2.45, 2.75) is 45.9 Å². The first-order valence-corrected chi connectivity index (χ1v) is 7.65. The maximum absolute atomic E-state index is 9.92. The Morgan fingerprint density at radius 2 is 1.90 bits per heavy atom. The number of methoxy groups -OCH3 is 1. The summed E-state index contributed by atoms with van der Waals surface area (Å²) in [7, 11) is 1.66. The highest BCUT2D eigenvalue weighted by Gasteiger charge is 2.10. The first-order chi connectivity index (χ1) is 10.0. The molecule has 0 aliphatic heterocycles. The highest BCUT2D eigenvalue weighted by atomic mass is 16.5. The summed E-state index contributed by atoms with van der Waals surface area (Å²) in [5, 5.41) is 13.1. The van der Waals surface area contributed by atoms with Crippen LogP contribution in [0.1, 0.15) is 32.8 Å². The zero-order valence-electron chi connectivity index (χ0n) is 13.6. The Kier molecular flexibility index (Phi) is 8.35. The molecule has 0 aromatic heterocycles. The van der Waals surface area contributed by atoms with E-state index in [1.165, 1.54) is 0 Å². The Hall–Kier alpha value is -1.10. The molecule has 0 aliphatic rings. The van der Waals surface area contributed by atoms with E-state index < -0.39 is 6.10 Å². The van der Waals surface area contributed by atoms with Crippen molar-refractivity contribution in [2.75, 3.05) is 20.3 Å². The van der Waals surface area contributed by atoms with Crippen molar-refractivity contribution in [1.82, 2.24) is 5.32 Å². The molecule has 1 aromatic carbocycles. The summed E-state index contributed by atoms with van der Waals surface area (Å²) in [5.74, 6) is 1.47. The fourth-order valence-corrected chi connectivity index (χ4v) is 2.29. The topological polar surface area (TPSA) is 50.7 Å². The molecule has 2 unspecified atom stereocenters. The number of aliphatic hydroxyl groups excluding tert-OH is 1. The smallest absolute Gasteiger partial charge is 0.123 e. The summed E-state index contributed by atoms with van der Waals surface area (Å²) in [4.78, 5) is 0. The third-order valence-corrected chi connectivity index (χ3v) is 3.26. The number of nitrogens with one attached hydrogen (secondary N) is 1. The van der Waals surface area contributed by atoms with Crippen LogP contribution in [0.2, 0.25) is 0 Å². The third-order valence-electron chi connectivity index (χ3n) is 3.26. The zero-order chi connectivity index (χ0) is 15.7. The van der Waals surface area contributed by atoms with Gasteiger partial charge in [-0.25, -0.2) is 0 Å². The second-order valence-corrected chi connectivity index (χ2v) is 5.87. The Morgan fingerprint density at radius 3 is 2.57 bits per heavy atom. The molecule has 2 atom stereocenters. The van der Waals surface area contributed by atoms with Crippen molar-refractivity contribution < 1.29 is 14.6 Å². The molecule has 21 heavy (non-hydrogen) atoms. The number of ether oxygens (including phenoxy) is 2. The van der Waals surface area contributed by atoms with Gasteiger partial charge in [-0.05, 0) is 25.3 Å². The molecule has 1 rings (SSSR count). The first kappa shape index (κ1) is 18.0. The summed E-state index contributed by atoms with van der Waals surface area (Å²) in [6.07, 6.45) is 0.713. The van der Waals surface area contributed by atoms with Crippen LogP contribution in [0.3, 0.4) is 0 Å². The molecule has 0 bridgehead atoms. The van der Waals surface area contributed by atoms with Gasteiger partial charge in [-0.15, -0.1) is 0 Å². The predicted molar refractivity (Wildman–Crippen MR) is 85.6 cm³/mol. The van der Waals surface area contributed by atoms with Gasteiger partial charge in [-0.2, -0.15) is 0 Å². The number of rotatable bonds is 10. The molecule has 0 aliphatic carbocycles. The molecule has 0 saturated heterocycles. The average molecular weight is 295 g/mol. The molecular weight excluding hydrogens is 266 g/mol. The van der Waals surface area contributed by atoms with Crippen LogP contribution in [0.25, 0.3) is 0 Å². The quantitative estimate of drug-likeness (QED) is 0.696. The molecule has 0 fully saturated rings. The second-order valence-electron chi connectivity index (χ2n) is 5.87. The van der Waals surface area contributed by atoms with Gasteiger partial charge >= 0.3 is 0 Å². The number of benzene rings is 1. The van der Waals surface area contributed by atoms with Crippen LogP contribution in [-0.2, 0) is 11.3 Å². The lowest BCUT2D eigenvalue weighted by Crippen LogP contribution is -2.31. The largest absolute Gasteiger partial charge is 0.496 e. The van der Waals surface area contributed by atoms with Crippen LogP contribution in [0.4, 0.5) is 0 Å². The highest BCUT2D eigenvalue weighted by Crippen LogP contribution is 2.16. The standard InChI is InChI=1S/C17H29NO3/c1-13(2)9-14(3)21-12-16(19)11-18-10-15-7-5-6-8-17(15)20-4/h5-8,13-14,16,18-19H,9-12H2,1-4H3. The van der Waals surface area contributed by atoms with Crippen LogP contribution >= 0.6 is 0 Å². The lowest BCUT2D eigenvalue weighted by atomic mass is 10.1. The Balaban J connectivity index is 2.22. The summed E-state index contributed by atoms with van der Waals surface area (Å²) >= 11 is 0. The van der Waals surface area contributed by atoms with Crippen molar-refractivity contribution in [3.05, 3.63) is 29.8 Å². The van der Waals surface area contributed by atoms with Gasteiger partial charge in [0.1, 0.15) is 5.75 Å². The molecule has 120 valence electrons. The van der Waals surface area contributed by atoms with E-state index in [0.29, 0.717) is 25.6 Å². The Labute approximate surface area is 128 Å². The second kappa shape index (κ2) is 9.77. The van der Waals surface area contributed by atoms with Crippen LogP contribution in [-0.4, -0.2) is 37.6 Å². The fourth-order valence-electron chi connectivity index (χ4n) is 2.29. The van der Waals surface area contributed by atoms with Gasteiger partial charge < -0.3 is 19.9 Å². The van der Waals surface area contributed by atoms with Gasteiger partial charge in [0.05, 0.1) is 25.9 Å². The zero-order valence-corrected chi connectivity index (χ0v) is 13.6. The average Bonchev–Trinajstić information content (AvgIpc) is 2.45. The van der Waals surface area contributed by atoms with E-state index in [-0.39, 0.29) is 6.10 Å². The lowest BCUT2D eigenvalue weighted by Gasteiger charge is -2.18. The van der Waals surface area contributed by atoms with Crippen molar-refractivity contribution in [2.24, 2.45) is 5.92 Å². The molecule has 4 heteroatoms. The Morgan fingerprint density at radius 1 is 1.19 bits per heavy atom. The maximum atomic E-state index is 9.92. The van der Waals surface area contributed by atoms with Crippen molar-refractivity contribution in [1.29, 1.82) is 0 Å². The van der Waals surface area contributed by atoms with Gasteiger partial charge in [0.15, 0.2) is 0 Å². The molecule has 2 N–H and O–H groups in total. The van der Waals surface area contributed by atoms with Crippen molar-refractivity contribution in [3.8, 4) is 5.75 Å². The minimum Gasteiger partial charge on any atom is -0.496 e. The fraction of sp³-hybridized carbons (Fsp3) is 0.647. The SMILES string of the molecule is COc1ccccc1CNCC(O)COC(C)CC(C)C. The van der Waals surface area contributed by atoms with Crippen molar-refractivity contribution >= 4 is 0 Å². The Bertz CT molecular complexity index is 395. The summed E-state index contributed by atoms with van der Waals surface area (Å²) in [5.41, 5.74) is 1.08. The minimum absolute atomic E-state index is 0.189. The van der Waals surface area contributed by atoms with Crippen LogP contribution in [0, 0.1) is 5.92 Å². The van der Waals surface area contributed by atoms with Crippen LogP contribution < -0.4 is 10.1 Å². The van der Waals surface area contributed by atoms with Crippen molar-refractivity contribution in [3.63, 3.8) is 0 Å². The predicted octanol–water partition coefficient (Wildman–Crippen LogP) is 2.60. The summed E-state index contributed by atoms with van der Waals surface area (Å²) in [6, 6.07) is 7.87.